The largest absolute Gasteiger partial charge is 0.334 e. The SMILES string of the molecule is CCCc1nnc(NC(=O)Cn2c(C)c(Br)c3ccccc32)s1. The molecule has 3 aromatic rings. The Balaban J connectivity index is 1.79. The minimum Gasteiger partial charge on any atom is -0.334 e. The van der Waals surface area contributed by atoms with Crippen molar-refractivity contribution < 1.29 is 4.79 Å². The van der Waals surface area contributed by atoms with Crippen molar-refractivity contribution in [3.05, 3.63) is 39.4 Å². The fraction of sp³-hybridized carbons (Fsp3) is 0.312. The third-order valence-corrected chi connectivity index (χ3v) is 5.53. The lowest BCUT2D eigenvalue weighted by Crippen LogP contribution is -2.19. The third kappa shape index (κ3) is 3.30. The van der Waals surface area contributed by atoms with Crippen molar-refractivity contribution in [3.8, 4) is 0 Å². The van der Waals surface area contributed by atoms with Gasteiger partial charge in [0.05, 0.1) is 0 Å². The van der Waals surface area contributed by atoms with Crippen LogP contribution in [0.5, 0.6) is 0 Å². The van der Waals surface area contributed by atoms with Crippen molar-refractivity contribution >= 4 is 49.2 Å². The molecular weight excluding hydrogens is 376 g/mol. The smallest absolute Gasteiger partial charge is 0.246 e. The van der Waals surface area contributed by atoms with E-state index in [1.165, 1.54) is 11.3 Å². The molecule has 0 fully saturated rings. The quantitative estimate of drug-likeness (QED) is 0.708. The zero-order valence-corrected chi connectivity index (χ0v) is 15.4. The minimum absolute atomic E-state index is 0.0967. The van der Waals surface area contributed by atoms with Crippen LogP contribution in [0.25, 0.3) is 10.9 Å². The van der Waals surface area contributed by atoms with Gasteiger partial charge < -0.3 is 4.57 Å². The van der Waals surface area contributed by atoms with Crippen molar-refractivity contribution in [3.63, 3.8) is 0 Å². The van der Waals surface area contributed by atoms with Crippen LogP contribution in [0.2, 0.25) is 0 Å². The lowest BCUT2D eigenvalue weighted by atomic mass is 10.2. The number of halogens is 1. The van der Waals surface area contributed by atoms with Gasteiger partial charge in [0.1, 0.15) is 11.6 Å². The number of para-hydroxylation sites is 1. The third-order valence-electron chi connectivity index (χ3n) is 3.63. The Bertz CT molecular complexity index is 855. The minimum atomic E-state index is -0.0967. The molecule has 1 amide bonds. The molecule has 0 radical (unpaired) electrons. The van der Waals surface area contributed by atoms with Crippen LogP contribution in [-0.2, 0) is 17.8 Å². The van der Waals surface area contributed by atoms with Crippen molar-refractivity contribution in [1.82, 2.24) is 14.8 Å². The number of hydrogen-bond donors (Lipinski definition) is 1. The maximum atomic E-state index is 12.3. The highest BCUT2D eigenvalue weighted by atomic mass is 79.9. The summed E-state index contributed by atoms with van der Waals surface area (Å²) in [5.41, 5.74) is 2.07. The Kier molecular flexibility index (Phi) is 4.77. The van der Waals surface area contributed by atoms with E-state index in [-0.39, 0.29) is 12.5 Å². The predicted molar refractivity (Wildman–Crippen MR) is 96.9 cm³/mol. The number of aryl methyl sites for hydroxylation is 1. The molecule has 0 saturated heterocycles. The Morgan fingerprint density at radius 2 is 2.13 bits per heavy atom. The number of fused-ring (bicyclic) bond motifs is 1. The van der Waals surface area contributed by atoms with Gasteiger partial charge in [-0.1, -0.05) is 36.5 Å². The van der Waals surface area contributed by atoms with E-state index in [1.807, 2.05) is 35.8 Å². The highest BCUT2D eigenvalue weighted by Gasteiger charge is 2.15. The van der Waals surface area contributed by atoms with Gasteiger partial charge in [0.15, 0.2) is 0 Å². The van der Waals surface area contributed by atoms with Gasteiger partial charge in [-0.15, -0.1) is 10.2 Å². The van der Waals surface area contributed by atoms with E-state index in [9.17, 15) is 4.79 Å². The van der Waals surface area contributed by atoms with Gasteiger partial charge in [-0.3, -0.25) is 10.1 Å². The monoisotopic (exact) mass is 392 g/mol. The molecule has 0 unspecified atom stereocenters. The van der Waals surface area contributed by atoms with E-state index in [0.717, 1.165) is 38.9 Å². The second kappa shape index (κ2) is 6.80. The van der Waals surface area contributed by atoms with Crippen LogP contribution < -0.4 is 5.32 Å². The molecule has 2 heterocycles. The number of carbonyl (C=O) groups excluding carboxylic acids is 1. The van der Waals surface area contributed by atoms with Crippen LogP contribution in [0.4, 0.5) is 5.13 Å². The molecule has 1 N–H and O–H groups in total. The summed E-state index contributed by atoms with van der Waals surface area (Å²) in [6, 6.07) is 8.03. The summed E-state index contributed by atoms with van der Waals surface area (Å²) in [5, 5.41) is 13.6. The van der Waals surface area contributed by atoms with E-state index in [1.54, 1.807) is 0 Å². The average Bonchev–Trinajstić information content (AvgIpc) is 3.07. The second-order valence-corrected chi connectivity index (χ2v) is 7.16. The maximum absolute atomic E-state index is 12.3. The normalized spacial score (nSPS) is 11.1. The van der Waals surface area contributed by atoms with Crippen molar-refractivity contribution in [2.45, 2.75) is 33.2 Å². The predicted octanol–water partition coefficient (Wildman–Crippen LogP) is 4.15. The summed E-state index contributed by atoms with van der Waals surface area (Å²) in [5.74, 6) is -0.0967. The highest BCUT2D eigenvalue weighted by Crippen LogP contribution is 2.30. The molecular formula is C16H17BrN4OS. The molecule has 0 aliphatic carbocycles. The number of nitrogens with zero attached hydrogens (tertiary/aromatic N) is 3. The first-order chi connectivity index (χ1) is 11.1. The summed E-state index contributed by atoms with van der Waals surface area (Å²) in [6.07, 6.45) is 1.91. The standard InChI is InChI=1S/C16H17BrN4OS/c1-3-6-14-19-20-16(23-14)18-13(22)9-21-10(2)15(17)11-7-4-5-8-12(11)21/h4-5,7-8H,3,6,9H2,1-2H3,(H,18,20,22). The molecule has 0 atom stereocenters. The van der Waals surface area contributed by atoms with E-state index >= 15 is 0 Å². The number of hydrogen-bond acceptors (Lipinski definition) is 4. The first-order valence-electron chi connectivity index (χ1n) is 7.45. The van der Waals surface area contributed by atoms with Crippen LogP contribution in [0.1, 0.15) is 24.0 Å². The van der Waals surface area contributed by atoms with E-state index in [2.05, 4.69) is 38.4 Å². The maximum Gasteiger partial charge on any atom is 0.246 e. The van der Waals surface area contributed by atoms with E-state index in [4.69, 9.17) is 0 Å². The molecule has 0 spiro atoms. The molecule has 0 saturated carbocycles. The lowest BCUT2D eigenvalue weighted by Gasteiger charge is -2.07. The number of benzene rings is 1. The number of nitrogens with one attached hydrogen (secondary N) is 1. The molecule has 23 heavy (non-hydrogen) atoms. The van der Waals surface area contributed by atoms with Crippen LogP contribution in [0.15, 0.2) is 28.7 Å². The number of aromatic nitrogens is 3. The molecule has 0 aliphatic heterocycles. The van der Waals surface area contributed by atoms with Crippen LogP contribution in [0.3, 0.4) is 0 Å². The van der Waals surface area contributed by atoms with Crippen molar-refractivity contribution in [2.24, 2.45) is 0 Å². The van der Waals surface area contributed by atoms with Crippen molar-refractivity contribution in [2.75, 3.05) is 5.32 Å². The highest BCUT2D eigenvalue weighted by molar-refractivity contribution is 9.10. The molecule has 0 aliphatic rings. The molecule has 7 heteroatoms. The van der Waals surface area contributed by atoms with E-state index in [0.29, 0.717) is 5.13 Å². The molecule has 0 bridgehead atoms. The summed E-state index contributed by atoms with van der Waals surface area (Å²) in [4.78, 5) is 12.3. The first-order valence-corrected chi connectivity index (χ1v) is 9.06. The van der Waals surface area contributed by atoms with Crippen LogP contribution >= 0.6 is 27.3 Å². The summed E-state index contributed by atoms with van der Waals surface area (Å²) < 4.78 is 3.03. The molecule has 1 aromatic carbocycles. The Labute approximate surface area is 146 Å². The van der Waals surface area contributed by atoms with Crippen LogP contribution in [0, 0.1) is 6.92 Å². The zero-order valence-electron chi connectivity index (χ0n) is 13.0. The topological polar surface area (TPSA) is 59.8 Å². The van der Waals surface area contributed by atoms with Crippen molar-refractivity contribution in [1.29, 1.82) is 0 Å². The summed E-state index contributed by atoms with van der Waals surface area (Å²) in [7, 11) is 0. The molecule has 3 rings (SSSR count). The Morgan fingerprint density at radius 3 is 2.91 bits per heavy atom. The molecule has 5 nitrogen and oxygen atoms in total. The number of anilines is 1. The summed E-state index contributed by atoms with van der Waals surface area (Å²) in [6.45, 7) is 4.35. The fourth-order valence-corrected chi connectivity index (χ4v) is 3.92. The lowest BCUT2D eigenvalue weighted by molar-refractivity contribution is -0.116. The molecule has 120 valence electrons. The Hall–Kier alpha value is -1.73. The van der Waals surface area contributed by atoms with Gasteiger partial charge in [0.2, 0.25) is 11.0 Å². The number of rotatable bonds is 5. The van der Waals surface area contributed by atoms with Gasteiger partial charge in [0, 0.05) is 27.5 Å². The fourth-order valence-electron chi connectivity index (χ4n) is 2.51. The Morgan fingerprint density at radius 1 is 1.35 bits per heavy atom. The zero-order chi connectivity index (χ0) is 16.4. The number of carbonyl (C=O) groups is 1. The average molecular weight is 393 g/mol. The van der Waals surface area contributed by atoms with Gasteiger partial charge in [0.25, 0.3) is 0 Å². The van der Waals surface area contributed by atoms with Gasteiger partial charge in [-0.2, -0.15) is 0 Å². The van der Waals surface area contributed by atoms with Gasteiger partial charge in [-0.05, 0) is 35.3 Å². The number of amides is 1. The first kappa shape index (κ1) is 16.1. The molecule has 2 aromatic heterocycles. The second-order valence-electron chi connectivity index (χ2n) is 5.30. The van der Waals surface area contributed by atoms with E-state index < -0.39 is 0 Å². The van der Waals surface area contributed by atoms with Gasteiger partial charge >= 0.3 is 0 Å². The van der Waals surface area contributed by atoms with Crippen LogP contribution in [-0.4, -0.2) is 20.7 Å². The summed E-state index contributed by atoms with van der Waals surface area (Å²) >= 11 is 5.04. The van der Waals surface area contributed by atoms with Gasteiger partial charge in [-0.25, -0.2) is 0 Å².